The number of fused-ring (bicyclic) bond motifs is 2. The number of pyridine rings is 1. The van der Waals surface area contributed by atoms with Crippen LogP contribution in [0.25, 0.3) is 0 Å². The van der Waals surface area contributed by atoms with Crippen molar-refractivity contribution in [3.8, 4) is 23.1 Å². The third kappa shape index (κ3) is 2.33. The Labute approximate surface area is 125 Å². The van der Waals surface area contributed by atoms with Gasteiger partial charge in [0.05, 0.1) is 22.0 Å². The zero-order valence-corrected chi connectivity index (χ0v) is 10.9. The maximum absolute atomic E-state index is 10.9. The van der Waals surface area contributed by atoms with Crippen molar-refractivity contribution in [3.63, 3.8) is 0 Å². The van der Waals surface area contributed by atoms with Crippen molar-refractivity contribution in [2.24, 2.45) is 0 Å². The Hall–Kier alpha value is -3.83. The Morgan fingerprint density at radius 2 is 1.35 bits per heavy atom. The lowest BCUT2D eigenvalue weighted by Gasteiger charge is -2.16. The lowest BCUT2D eigenvalue weighted by molar-refractivity contribution is -0.422. The van der Waals surface area contributed by atoms with E-state index in [-0.39, 0.29) is 23.1 Å². The number of hydrogen-bond donors (Lipinski definition) is 0. The SMILES string of the molecule is O=[N+]([O-])c1ccc2c(n1)Oc1cc([N+](=O)[O-])c([N+](=O)[O-])cc1O2. The first-order chi connectivity index (χ1) is 10.9. The molecule has 1 aliphatic heterocycles. The van der Waals surface area contributed by atoms with Gasteiger partial charge in [-0.1, -0.05) is 0 Å². The number of nitrogens with zero attached hydrogens (tertiary/aromatic N) is 4. The van der Waals surface area contributed by atoms with E-state index in [0.29, 0.717) is 0 Å². The minimum Gasteiger partial charge on any atom is -0.445 e. The van der Waals surface area contributed by atoms with E-state index in [1.54, 1.807) is 0 Å². The summed E-state index contributed by atoms with van der Waals surface area (Å²) in [5, 5.41) is 32.5. The van der Waals surface area contributed by atoms with E-state index in [0.717, 1.165) is 18.2 Å². The monoisotopic (exact) mass is 320 g/mol. The molecule has 116 valence electrons. The van der Waals surface area contributed by atoms with Gasteiger partial charge in [-0.05, 0) is 11.0 Å². The molecule has 3 rings (SSSR count). The fourth-order valence-corrected chi connectivity index (χ4v) is 1.88. The Kier molecular flexibility index (Phi) is 2.99. The van der Waals surface area contributed by atoms with E-state index in [9.17, 15) is 30.3 Å². The van der Waals surface area contributed by atoms with E-state index < -0.39 is 32.0 Å². The zero-order chi connectivity index (χ0) is 16.7. The van der Waals surface area contributed by atoms with Crippen LogP contribution in [0, 0.1) is 30.3 Å². The second-order valence-electron chi connectivity index (χ2n) is 4.24. The first-order valence-corrected chi connectivity index (χ1v) is 5.85. The van der Waals surface area contributed by atoms with Crippen molar-refractivity contribution < 1.29 is 24.2 Å². The van der Waals surface area contributed by atoms with Crippen LogP contribution in [0.15, 0.2) is 24.3 Å². The second kappa shape index (κ2) is 4.87. The summed E-state index contributed by atoms with van der Waals surface area (Å²) in [6.07, 6.45) is 0. The van der Waals surface area contributed by atoms with Gasteiger partial charge in [-0.2, -0.15) is 0 Å². The van der Waals surface area contributed by atoms with Crippen molar-refractivity contribution in [2.45, 2.75) is 0 Å². The summed E-state index contributed by atoms with van der Waals surface area (Å²) in [5.41, 5.74) is -1.57. The molecular weight excluding hydrogens is 316 g/mol. The van der Waals surface area contributed by atoms with Gasteiger partial charge in [-0.3, -0.25) is 20.2 Å². The molecule has 0 N–H and O–H groups in total. The van der Waals surface area contributed by atoms with E-state index in [1.807, 2.05) is 0 Å². The van der Waals surface area contributed by atoms with Crippen molar-refractivity contribution in [1.82, 2.24) is 4.98 Å². The summed E-state index contributed by atoms with van der Waals surface area (Å²) in [7, 11) is 0. The smallest absolute Gasteiger partial charge is 0.377 e. The molecular formula is C11H4N4O8. The number of benzene rings is 1. The second-order valence-corrected chi connectivity index (χ2v) is 4.24. The van der Waals surface area contributed by atoms with E-state index >= 15 is 0 Å². The van der Waals surface area contributed by atoms with Crippen LogP contribution in [0.4, 0.5) is 17.2 Å². The highest BCUT2D eigenvalue weighted by Gasteiger charge is 2.33. The summed E-state index contributed by atoms with van der Waals surface area (Å²) < 4.78 is 10.5. The first kappa shape index (κ1) is 14.1. The van der Waals surface area contributed by atoms with Crippen LogP contribution in [-0.2, 0) is 0 Å². The molecule has 0 unspecified atom stereocenters. The maximum atomic E-state index is 10.9. The summed E-state index contributed by atoms with van der Waals surface area (Å²) in [5.74, 6) is -1.12. The predicted molar refractivity (Wildman–Crippen MR) is 70.8 cm³/mol. The fraction of sp³-hybridized carbons (Fsp3) is 0. The van der Waals surface area contributed by atoms with Gasteiger partial charge in [0.2, 0.25) is 5.75 Å². The Morgan fingerprint density at radius 1 is 0.783 bits per heavy atom. The fourth-order valence-electron chi connectivity index (χ4n) is 1.88. The molecule has 12 heteroatoms. The average Bonchev–Trinajstić information content (AvgIpc) is 2.50. The number of hydrogen-bond acceptors (Lipinski definition) is 9. The molecule has 2 aromatic rings. The molecule has 1 aromatic carbocycles. The molecule has 0 atom stereocenters. The molecule has 1 aliphatic rings. The van der Waals surface area contributed by atoms with Gasteiger partial charge in [0.15, 0.2) is 11.5 Å². The average molecular weight is 320 g/mol. The summed E-state index contributed by atoms with van der Waals surface area (Å²) in [4.78, 5) is 33.4. The van der Waals surface area contributed by atoms with Crippen molar-refractivity contribution in [1.29, 1.82) is 0 Å². The zero-order valence-electron chi connectivity index (χ0n) is 10.9. The van der Waals surface area contributed by atoms with E-state index in [4.69, 9.17) is 9.47 Å². The van der Waals surface area contributed by atoms with Crippen molar-refractivity contribution in [2.75, 3.05) is 0 Å². The number of rotatable bonds is 3. The van der Waals surface area contributed by atoms with Gasteiger partial charge in [0, 0.05) is 11.1 Å². The molecule has 0 bridgehead atoms. The molecule has 1 aromatic heterocycles. The highest BCUT2D eigenvalue weighted by atomic mass is 16.6. The van der Waals surface area contributed by atoms with Gasteiger partial charge >= 0.3 is 23.1 Å². The Balaban J connectivity index is 2.10. The molecule has 0 amide bonds. The third-order valence-corrected chi connectivity index (χ3v) is 2.86. The Morgan fingerprint density at radius 3 is 1.87 bits per heavy atom. The van der Waals surface area contributed by atoms with Crippen LogP contribution in [0.3, 0.4) is 0 Å². The topological polar surface area (TPSA) is 161 Å². The van der Waals surface area contributed by atoms with Gasteiger partial charge in [0.25, 0.3) is 0 Å². The minimum absolute atomic E-state index is 0.00810. The first-order valence-electron chi connectivity index (χ1n) is 5.85. The summed E-state index contributed by atoms with van der Waals surface area (Å²) in [6, 6.07) is 3.92. The number of aromatic nitrogens is 1. The van der Waals surface area contributed by atoms with E-state index in [2.05, 4.69) is 4.98 Å². The van der Waals surface area contributed by atoms with Crippen LogP contribution in [0.5, 0.6) is 23.1 Å². The van der Waals surface area contributed by atoms with Crippen LogP contribution in [-0.4, -0.2) is 19.8 Å². The molecule has 2 heterocycles. The van der Waals surface area contributed by atoms with Gasteiger partial charge in [0.1, 0.15) is 0 Å². The van der Waals surface area contributed by atoms with Crippen molar-refractivity contribution >= 4 is 17.2 Å². The molecule has 0 spiro atoms. The highest BCUT2D eigenvalue weighted by Crippen LogP contribution is 2.48. The third-order valence-electron chi connectivity index (χ3n) is 2.86. The maximum Gasteiger partial charge on any atom is 0.377 e. The van der Waals surface area contributed by atoms with Gasteiger partial charge in [-0.25, -0.2) is 0 Å². The van der Waals surface area contributed by atoms with E-state index in [1.165, 1.54) is 6.07 Å². The van der Waals surface area contributed by atoms with Crippen LogP contribution in [0.1, 0.15) is 0 Å². The van der Waals surface area contributed by atoms with Gasteiger partial charge < -0.3 is 19.6 Å². The molecule has 0 saturated heterocycles. The predicted octanol–water partition coefficient (Wildman–Crippen LogP) is 2.70. The molecule has 0 aliphatic carbocycles. The number of nitro groups is 3. The molecule has 12 nitrogen and oxygen atoms in total. The van der Waals surface area contributed by atoms with Gasteiger partial charge in [-0.15, -0.1) is 0 Å². The molecule has 0 radical (unpaired) electrons. The quantitative estimate of drug-likeness (QED) is 0.521. The standard InChI is InChI=1S/C11H4N4O8/c16-13(17)5-3-8-9(4-6(5)14(18)19)23-11-7(22-8)1-2-10(12-11)15(20)21/h1-4H. The number of ether oxygens (including phenoxy) is 2. The molecule has 23 heavy (non-hydrogen) atoms. The largest absolute Gasteiger partial charge is 0.445 e. The summed E-state index contributed by atoms with van der Waals surface area (Å²) >= 11 is 0. The summed E-state index contributed by atoms with van der Waals surface area (Å²) in [6.45, 7) is 0. The lowest BCUT2D eigenvalue weighted by atomic mass is 10.2. The molecule has 0 saturated carbocycles. The Bertz CT molecular complexity index is 881. The normalized spacial score (nSPS) is 11.5. The minimum atomic E-state index is -0.946. The lowest BCUT2D eigenvalue weighted by Crippen LogP contribution is -2.05. The van der Waals surface area contributed by atoms with Crippen LogP contribution < -0.4 is 9.47 Å². The van der Waals surface area contributed by atoms with Crippen LogP contribution in [0.2, 0.25) is 0 Å². The molecule has 0 fully saturated rings. The van der Waals surface area contributed by atoms with Crippen LogP contribution >= 0.6 is 0 Å². The number of nitro benzene ring substituents is 2. The van der Waals surface area contributed by atoms with Crippen molar-refractivity contribution in [3.05, 3.63) is 54.6 Å². The highest BCUT2D eigenvalue weighted by molar-refractivity contribution is 5.65.